The molecule has 0 radical (unpaired) electrons. The van der Waals surface area contributed by atoms with Crippen LogP contribution in [0.1, 0.15) is 71.6 Å². The van der Waals surface area contributed by atoms with E-state index >= 15 is 0 Å². The fourth-order valence-corrected chi connectivity index (χ4v) is 9.97. The van der Waals surface area contributed by atoms with Crippen molar-refractivity contribution in [3.05, 3.63) is 0 Å². The molecule has 182 valence electrons. The van der Waals surface area contributed by atoms with E-state index in [0.717, 1.165) is 51.0 Å². The summed E-state index contributed by atoms with van der Waals surface area (Å²) in [5.74, 6) is 2.87. The lowest BCUT2D eigenvalue weighted by Crippen LogP contribution is -2.61. The lowest BCUT2D eigenvalue weighted by Gasteiger charge is -2.62. The maximum absolute atomic E-state index is 11.5. The Labute approximate surface area is 194 Å². The molecule has 0 amide bonds. The van der Waals surface area contributed by atoms with Gasteiger partial charge in [-0.3, -0.25) is 9.80 Å². The molecule has 2 aliphatic heterocycles. The van der Waals surface area contributed by atoms with Crippen molar-refractivity contribution in [2.45, 2.75) is 95.9 Å². The summed E-state index contributed by atoms with van der Waals surface area (Å²) in [5, 5.41) is 22.7. The lowest BCUT2D eigenvalue weighted by atomic mass is 9.44. The summed E-state index contributed by atoms with van der Waals surface area (Å²) in [4.78, 5) is 5.16. The Balaban J connectivity index is 1.25. The quantitative estimate of drug-likeness (QED) is 0.683. The first-order valence-electron chi connectivity index (χ1n) is 13.8. The minimum absolute atomic E-state index is 0.107. The number of aliphatic hydroxyl groups excluding tert-OH is 2. The van der Waals surface area contributed by atoms with Crippen molar-refractivity contribution >= 4 is 0 Å². The molecule has 10 atom stereocenters. The molecule has 2 N–H and O–H groups in total. The minimum Gasteiger partial charge on any atom is -0.391 e. The van der Waals surface area contributed by atoms with Crippen LogP contribution in [0.4, 0.5) is 0 Å². The number of likely N-dealkylation sites (tertiary alicyclic amines) is 1. The Bertz CT molecular complexity index is 692. The van der Waals surface area contributed by atoms with E-state index in [1.807, 2.05) is 0 Å². The molecule has 0 spiro atoms. The van der Waals surface area contributed by atoms with Gasteiger partial charge in [0.25, 0.3) is 0 Å². The molecule has 0 aromatic heterocycles. The summed E-state index contributed by atoms with van der Waals surface area (Å²) in [6, 6.07) is 0.699. The van der Waals surface area contributed by atoms with Gasteiger partial charge in [-0.05, 0) is 105 Å². The largest absolute Gasteiger partial charge is 0.391 e. The molecule has 2 heterocycles. The predicted molar refractivity (Wildman–Crippen MR) is 125 cm³/mol. The molecule has 32 heavy (non-hydrogen) atoms. The molecule has 6 aliphatic rings. The van der Waals surface area contributed by atoms with E-state index < -0.39 is 0 Å². The average molecular weight is 447 g/mol. The number of aliphatic hydroxyl groups is 2. The molecule has 5 heteroatoms. The molecule has 6 fully saturated rings. The van der Waals surface area contributed by atoms with Crippen LogP contribution in [0.5, 0.6) is 0 Å². The second kappa shape index (κ2) is 8.19. The first-order valence-corrected chi connectivity index (χ1v) is 13.8. The molecule has 0 bridgehead atoms. The predicted octanol–water partition coefficient (Wildman–Crippen LogP) is 3.14. The molecule has 6 rings (SSSR count). The van der Waals surface area contributed by atoms with Crippen molar-refractivity contribution in [2.75, 3.05) is 39.4 Å². The van der Waals surface area contributed by atoms with E-state index in [9.17, 15) is 10.2 Å². The molecule has 2 saturated heterocycles. The lowest BCUT2D eigenvalue weighted by molar-refractivity contribution is -0.158. The van der Waals surface area contributed by atoms with Crippen molar-refractivity contribution in [3.8, 4) is 0 Å². The zero-order chi connectivity index (χ0) is 22.1. The van der Waals surface area contributed by atoms with Crippen LogP contribution in [0, 0.1) is 34.5 Å². The average Bonchev–Trinajstić information content (AvgIpc) is 3.41. The summed E-state index contributed by atoms with van der Waals surface area (Å²) >= 11 is 0. The molecular formula is C27H46N2O3. The maximum Gasteiger partial charge on any atom is 0.0751 e. The van der Waals surface area contributed by atoms with Gasteiger partial charge in [-0.1, -0.05) is 13.8 Å². The number of morpholine rings is 1. The van der Waals surface area contributed by atoms with Crippen molar-refractivity contribution < 1.29 is 14.9 Å². The second-order valence-corrected chi connectivity index (χ2v) is 12.9. The summed E-state index contributed by atoms with van der Waals surface area (Å²) in [5.41, 5.74) is 0.443. The van der Waals surface area contributed by atoms with Gasteiger partial charge in [0.2, 0.25) is 0 Å². The van der Waals surface area contributed by atoms with Crippen LogP contribution < -0.4 is 0 Å². The van der Waals surface area contributed by atoms with Gasteiger partial charge in [-0.2, -0.15) is 0 Å². The van der Waals surface area contributed by atoms with Crippen molar-refractivity contribution in [2.24, 2.45) is 34.5 Å². The number of nitrogens with zero attached hydrogens (tertiary/aromatic N) is 2. The maximum atomic E-state index is 11.5. The van der Waals surface area contributed by atoms with E-state index in [-0.39, 0.29) is 17.6 Å². The van der Waals surface area contributed by atoms with Gasteiger partial charge in [-0.15, -0.1) is 0 Å². The third kappa shape index (κ3) is 3.28. The van der Waals surface area contributed by atoms with Crippen LogP contribution in [-0.4, -0.2) is 83.7 Å². The molecule has 4 saturated carbocycles. The monoisotopic (exact) mass is 446 g/mol. The Kier molecular flexibility index (Phi) is 5.70. The standard InChI is InChI=1S/C27H46N2O3/c1-26-8-7-20-19(21(26)16-22(25(26)31)28-9-3-4-10-28)6-5-18-15-24(30)23(17-27(18,20)2)29-11-13-32-14-12-29/h18-25,30-31H,3-17H2,1-2H3/t18?,19?,20?,21?,22?,23?,24?,25?,26-,27-/m0/s1. The smallest absolute Gasteiger partial charge is 0.0751 e. The first-order chi connectivity index (χ1) is 15.4. The number of fused-ring (bicyclic) bond motifs is 5. The van der Waals surface area contributed by atoms with Crippen LogP contribution in [0.25, 0.3) is 0 Å². The molecule has 5 nitrogen and oxygen atoms in total. The van der Waals surface area contributed by atoms with Gasteiger partial charge in [0.05, 0.1) is 25.4 Å². The molecule has 8 unspecified atom stereocenters. The van der Waals surface area contributed by atoms with E-state index in [1.54, 1.807) is 0 Å². The Morgan fingerprint density at radius 2 is 1.50 bits per heavy atom. The minimum atomic E-state index is -0.176. The summed E-state index contributed by atoms with van der Waals surface area (Å²) < 4.78 is 5.61. The number of hydrogen-bond acceptors (Lipinski definition) is 5. The van der Waals surface area contributed by atoms with E-state index in [1.165, 1.54) is 58.0 Å². The summed E-state index contributed by atoms with van der Waals surface area (Å²) in [7, 11) is 0. The van der Waals surface area contributed by atoms with Crippen LogP contribution in [-0.2, 0) is 4.74 Å². The summed E-state index contributed by atoms with van der Waals surface area (Å²) in [6.45, 7) is 11.0. The zero-order valence-electron chi connectivity index (χ0n) is 20.4. The van der Waals surface area contributed by atoms with Crippen molar-refractivity contribution in [3.63, 3.8) is 0 Å². The Hall–Kier alpha value is -0.200. The third-order valence-corrected chi connectivity index (χ3v) is 11.8. The van der Waals surface area contributed by atoms with Gasteiger partial charge < -0.3 is 14.9 Å². The fraction of sp³-hybridized carbons (Fsp3) is 1.00. The number of ether oxygens (including phenoxy) is 1. The first kappa shape index (κ1) is 22.3. The highest BCUT2D eigenvalue weighted by molar-refractivity contribution is 5.14. The number of rotatable bonds is 2. The number of hydrogen-bond donors (Lipinski definition) is 2. The normalized spacial score (nSPS) is 54.8. The Morgan fingerprint density at radius 1 is 0.781 bits per heavy atom. The fourth-order valence-electron chi connectivity index (χ4n) is 9.97. The van der Waals surface area contributed by atoms with Crippen LogP contribution in [0.3, 0.4) is 0 Å². The van der Waals surface area contributed by atoms with Crippen LogP contribution in [0.15, 0.2) is 0 Å². The molecule has 4 aliphatic carbocycles. The zero-order valence-corrected chi connectivity index (χ0v) is 20.4. The highest BCUT2D eigenvalue weighted by atomic mass is 16.5. The summed E-state index contributed by atoms with van der Waals surface area (Å²) in [6.07, 6.45) is 10.7. The van der Waals surface area contributed by atoms with E-state index in [4.69, 9.17) is 4.74 Å². The molecule has 0 aromatic carbocycles. The third-order valence-electron chi connectivity index (χ3n) is 11.8. The van der Waals surface area contributed by atoms with Gasteiger partial charge >= 0.3 is 0 Å². The molecular weight excluding hydrogens is 400 g/mol. The second-order valence-electron chi connectivity index (χ2n) is 12.9. The van der Waals surface area contributed by atoms with Crippen molar-refractivity contribution in [1.29, 1.82) is 0 Å². The van der Waals surface area contributed by atoms with E-state index in [2.05, 4.69) is 23.6 Å². The van der Waals surface area contributed by atoms with Crippen LogP contribution in [0.2, 0.25) is 0 Å². The Morgan fingerprint density at radius 3 is 2.25 bits per heavy atom. The topological polar surface area (TPSA) is 56.2 Å². The SMILES string of the molecule is C[C@]12CC(N3CCOCC3)C(O)CC1CCC1C2CC[C@]2(C)C(O)C(N3CCCC3)CC12. The van der Waals surface area contributed by atoms with E-state index in [0.29, 0.717) is 29.3 Å². The molecule has 0 aromatic rings. The van der Waals surface area contributed by atoms with Gasteiger partial charge in [0.1, 0.15) is 0 Å². The van der Waals surface area contributed by atoms with Gasteiger partial charge in [-0.25, -0.2) is 0 Å². The highest BCUT2D eigenvalue weighted by Gasteiger charge is 2.63. The van der Waals surface area contributed by atoms with Crippen LogP contribution >= 0.6 is 0 Å². The van der Waals surface area contributed by atoms with Crippen molar-refractivity contribution in [1.82, 2.24) is 9.80 Å². The van der Waals surface area contributed by atoms with Gasteiger partial charge in [0, 0.05) is 25.2 Å². The highest BCUT2D eigenvalue weighted by Crippen LogP contribution is 2.66. The van der Waals surface area contributed by atoms with Gasteiger partial charge in [0.15, 0.2) is 0 Å².